The van der Waals surface area contributed by atoms with Crippen molar-refractivity contribution in [3.63, 3.8) is 0 Å². The number of likely N-dealkylation sites (tertiary alicyclic amines) is 2. The molecule has 2 aliphatic heterocycles. The zero-order valence-corrected chi connectivity index (χ0v) is 31.1. The first kappa shape index (κ1) is 35.4. The van der Waals surface area contributed by atoms with Crippen LogP contribution in [0.3, 0.4) is 0 Å². The normalized spacial score (nSPS) is 20.8. The molecule has 11 nitrogen and oxygen atoms in total. The van der Waals surface area contributed by atoms with Gasteiger partial charge in [-0.25, -0.2) is 19.6 Å². The Morgan fingerprint density at radius 1 is 0.750 bits per heavy atom. The summed E-state index contributed by atoms with van der Waals surface area (Å²) in [6, 6.07) is 3.46. The summed E-state index contributed by atoms with van der Waals surface area (Å²) in [6.07, 6.45) is 10.5. The molecule has 4 aliphatic rings. The molecule has 2 saturated heterocycles. The molecule has 1 saturated carbocycles. The minimum Gasteiger partial charge on any atom is -0.444 e. The van der Waals surface area contributed by atoms with E-state index in [4.69, 9.17) is 9.47 Å². The predicted octanol–water partition coefficient (Wildman–Crippen LogP) is 7.38. The second-order valence-electron chi connectivity index (χ2n) is 16.5. The van der Waals surface area contributed by atoms with Gasteiger partial charge in [0.2, 0.25) is 0 Å². The topological polar surface area (TPSA) is 134 Å². The number of amides is 2. The average molecular weight is 705 g/mol. The van der Waals surface area contributed by atoms with E-state index in [-0.39, 0.29) is 35.5 Å². The maximum atomic E-state index is 14.1. The lowest BCUT2D eigenvalue weighted by Gasteiger charge is -2.27. The van der Waals surface area contributed by atoms with Crippen molar-refractivity contribution in [1.82, 2.24) is 29.7 Å². The number of ketones is 1. The number of hydrogen-bond donors (Lipinski definition) is 2. The Hall–Kier alpha value is -5.03. The number of benzene rings is 1. The quantitative estimate of drug-likeness (QED) is 0.266. The molecular formula is C41H48N6O5. The molecular weight excluding hydrogens is 656 g/mol. The number of nitrogens with one attached hydrogen (secondary N) is 2. The van der Waals surface area contributed by atoms with Gasteiger partial charge in [0.15, 0.2) is 5.78 Å². The van der Waals surface area contributed by atoms with Gasteiger partial charge in [0.05, 0.1) is 24.5 Å². The fourth-order valence-corrected chi connectivity index (χ4v) is 8.04. The van der Waals surface area contributed by atoms with E-state index in [9.17, 15) is 14.4 Å². The molecule has 0 bridgehead atoms. The van der Waals surface area contributed by atoms with Gasteiger partial charge in [0, 0.05) is 35.2 Å². The molecule has 2 amide bonds. The maximum Gasteiger partial charge on any atom is 0.410 e. The van der Waals surface area contributed by atoms with Crippen molar-refractivity contribution >= 4 is 18.0 Å². The van der Waals surface area contributed by atoms with Crippen LogP contribution in [0.4, 0.5) is 9.59 Å². The zero-order valence-electron chi connectivity index (χ0n) is 31.1. The van der Waals surface area contributed by atoms with Gasteiger partial charge in [-0.15, -0.1) is 0 Å². The Balaban J connectivity index is 1.13. The summed E-state index contributed by atoms with van der Waals surface area (Å²) in [5.74, 6) is 14.6. The van der Waals surface area contributed by atoms with Crippen LogP contribution in [0.1, 0.15) is 155 Å². The van der Waals surface area contributed by atoms with Crippen LogP contribution in [-0.2, 0) is 15.9 Å². The van der Waals surface area contributed by atoms with E-state index >= 15 is 0 Å². The number of carbonyl (C=O) groups is 3. The van der Waals surface area contributed by atoms with Gasteiger partial charge in [0.25, 0.3) is 0 Å². The highest BCUT2D eigenvalue weighted by Gasteiger charge is 2.48. The Morgan fingerprint density at radius 2 is 1.23 bits per heavy atom. The smallest absolute Gasteiger partial charge is 0.410 e. The largest absolute Gasteiger partial charge is 0.444 e. The van der Waals surface area contributed by atoms with E-state index in [1.807, 2.05) is 53.7 Å². The van der Waals surface area contributed by atoms with E-state index in [1.54, 1.807) is 22.2 Å². The molecule has 4 heterocycles. The number of aromatic nitrogens is 4. The van der Waals surface area contributed by atoms with Gasteiger partial charge in [-0.05, 0) is 116 Å². The Kier molecular flexibility index (Phi) is 9.19. The van der Waals surface area contributed by atoms with Crippen LogP contribution in [0.5, 0.6) is 0 Å². The molecule has 2 atom stereocenters. The van der Waals surface area contributed by atoms with Crippen molar-refractivity contribution in [3.8, 4) is 23.7 Å². The highest BCUT2D eigenvalue weighted by atomic mass is 16.6. The standard InChI is InChI=1S/C41H48N6O5/c1-39(2,3)51-37(49)46-21-9-11-31(46)35-42-24-28(44-35)17-15-26-13-14-27(33-30(26)23-41(34(33)48)19-7-8-20-41)16-18-29-25-43-36(45-29)32-12-10-22-47(32)38(50)52-40(4,5)6/h13-14,24-25,31-32H,7-12,19-23H2,1-6H3,(H,42,44)(H,43,45)/t31-,32-/m0/s1. The van der Waals surface area contributed by atoms with Crippen LogP contribution in [0, 0.1) is 29.1 Å². The van der Waals surface area contributed by atoms with Crippen LogP contribution in [-0.4, -0.2) is 72.0 Å². The highest BCUT2D eigenvalue weighted by molar-refractivity contribution is 6.07. The second kappa shape index (κ2) is 13.5. The van der Waals surface area contributed by atoms with E-state index in [2.05, 4.69) is 43.6 Å². The van der Waals surface area contributed by atoms with Gasteiger partial charge in [-0.2, -0.15) is 0 Å². The van der Waals surface area contributed by atoms with Crippen molar-refractivity contribution in [2.45, 2.75) is 123 Å². The number of carbonyl (C=O) groups excluding carboxylic acids is 3. The Labute approximate surface area is 305 Å². The summed E-state index contributed by atoms with van der Waals surface area (Å²) < 4.78 is 11.3. The van der Waals surface area contributed by atoms with Gasteiger partial charge >= 0.3 is 12.2 Å². The minimum absolute atomic E-state index is 0.171. The monoisotopic (exact) mass is 704 g/mol. The third kappa shape index (κ3) is 7.19. The van der Waals surface area contributed by atoms with Gasteiger partial charge < -0.3 is 19.4 Å². The molecule has 0 radical (unpaired) electrons. The number of Topliss-reactive ketones (excluding diaryl/α,β-unsaturated/α-hetero) is 1. The number of nitrogens with zero attached hydrogens (tertiary/aromatic N) is 4. The van der Waals surface area contributed by atoms with Crippen molar-refractivity contribution in [2.75, 3.05) is 13.1 Å². The predicted molar refractivity (Wildman–Crippen MR) is 194 cm³/mol. The molecule has 3 fully saturated rings. The van der Waals surface area contributed by atoms with Crippen LogP contribution in [0.25, 0.3) is 0 Å². The fourth-order valence-electron chi connectivity index (χ4n) is 8.04. The van der Waals surface area contributed by atoms with Crippen molar-refractivity contribution in [3.05, 3.63) is 69.8 Å². The zero-order chi connectivity index (χ0) is 36.8. The molecule has 2 aliphatic carbocycles. The molecule has 7 rings (SSSR count). The van der Waals surface area contributed by atoms with E-state index in [0.29, 0.717) is 53.7 Å². The molecule has 2 N–H and O–H groups in total. The number of fused-ring (bicyclic) bond motifs is 1. The number of rotatable bonds is 2. The number of H-pyrrole nitrogens is 2. The molecule has 272 valence electrons. The van der Waals surface area contributed by atoms with E-state index in [1.165, 1.54) is 0 Å². The summed E-state index contributed by atoms with van der Waals surface area (Å²) >= 11 is 0. The number of hydrogen-bond acceptors (Lipinski definition) is 7. The van der Waals surface area contributed by atoms with Gasteiger partial charge in [-0.1, -0.05) is 24.7 Å². The molecule has 52 heavy (non-hydrogen) atoms. The first-order chi connectivity index (χ1) is 24.7. The highest BCUT2D eigenvalue weighted by Crippen LogP contribution is 2.50. The fraction of sp³-hybridized carbons (Fsp3) is 0.537. The second-order valence-corrected chi connectivity index (χ2v) is 16.5. The van der Waals surface area contributed by atoms with Gasteiger partial charge in [-0.3, -0.25) is 14.6 Å². The third-order valence-corrected chi connectivity index (χ3v) is 10.3. The first-order valence-electron chi connectivity index (χ1n) is 18.5. The lowest BCUT2D eigenvalue weighted by molar-refractivity contribution is 0.0208. The molecule has 1 spiro atoms. The van der Waals surface area contributed by atoms with Gasteiger partial charge in [0.1, 0.15) is 34.2 Å². The number of imidazole rings is 2. The molecule has 1 aromatic carbocycles. The maximum absolute atomic E-state index is 14.1. The summed E-state index contributed by atoms with van der Waals surface area (Å²) in [6.45, 7) is 12.4. The van der Waals surface area contributed by atoms with E-state index in [0.717, 1.165) is 62.5 Å². The van der Waals surface area contributed by atoms with Crippen LogP contribution >= 0.6 is 0 Å². The summed E-state index contributed by atoms with van der Waals surface area (Å²) in [7, 11) is 0. The minimum atomic E-state index is -0.579. The summed E-state index contributed by atoms with van der Waals surface area (Å²) in [4.78, 5) is 59.1. The van der Waals surface area contributed by atoms with Crippen LogP contribution in [0.15, 0.2) is 24.5 Å². The molecule has 0 unspecified atom stereocenters. The van der Waals surface area contributed by atoms with Crippen molar-refractivity contribution in [2.24, 2.45) is 5.41 Å². The molecule has 11 heteroatoms. The molecule has 2 aromatic heterocycles. The van der Waals surface area contributed by atoms with Crippen molar-refractivity contribution < 1.29 is 23.9 Å². The average Bonchev–Trinajstić information content (AvgIpc) is 3.92. The lowest BCUT2D eigenvalue weighted by atomic mass is 9.82. The lowest BCUT2D eigenvalue weighted by Crippen LogP contribution is -2.36. The van der Waals surface area contributed by atoms with Crippen LogP contribution in [0.2, 0.25) is 0 Å². The first-order valence-corrected chi connectivity index (χ1v) is 18.5. The SMILES string of the molecule is CC(C)(C)OC(=O)N1CCC[C@H]1c1ncc(C#Cc2ccc(C#Cc3cnc([C@@H]4CCCN4C(=O)OC(C)(C)C)[nH]3)c3c2CC2(CCCC2)C3=O)[nH]1. The van der Waals surface area contributed by atoms with Crippen LogP contribution < -0.4 is 0 Å². The Morgan fingerprint density at radius 3 is 1.73 bits per heavy atom. The number of aromatic amines is 2. The number of ether oxygens (including phenoxy) is 2. The summed E-state index contributed by atoms with van der Waals surface area (Å²) in [5, 5.41) is 0. The molecule has 3 aromatic rings. The third-order valence-electron chi connectivity index (χ3n) is 10.3. The van der Waals surface area contributed by atoms with E-state index < -0.39 is 11.2 Å². The Bertz CT molecular complexity index is 2020. The summed E-state index contributed by atoms with van der Waals surface area (Å²) in [5.41, 5.74) is 2.86. The van der Waals surface area contributed by atoms with Crippen molar-refractivity contribution in [1.29, 1.82) is 0 Å².